The maximum atomic E-state index is 5.98. The first-order valence-corrected chi connectivity index (χ1v) is 6.36. The molecule has 2 N–H and O–H groups in total. The van der Waals surface area contributed by atoms with Crippen LogP contribution in [0.4, 0.5) is 5.69 Å². The van der Waals surface area contributed by atoms with Crippen molar-refractivity contribution in [1.29, 1.82) is 0 Å². The van der Waals surface area contributed by atoms with E-state index in [1.807, 2.05) is 6.07 Å². The maximum absolute atomic E-state index is 5.98. The second-order valence-electron chi connectivity index (χ2n) is 5.77. The average molecular weight is 256 g/mol. The number of aryl methyl sites for hydroxylation is 1. The molecule has 3 heteroatoms. The predicted molar refractivity (Wildman–Crippen MR) is 78.6 cm³/mol. The van der Waals surface area contributed by atoms with Crippen LogP contribution in [0.15, 0.2) is 36.7 Å². The Morgan fingerprint density at radius 1 is 1.11 bits per heavy atom. The van der Waals surface area contributed by atoms with Crippen LogP contribution < -0.4 is 10.5 Å². The Hall–Kier alpha value is -2.03. The van der Waals surface area contributed by atoms with Crippen molar-refractivity contribution >= 4 is 5.69 Å². The molecule has 19 heavy (non-hydrogen) atoms. The van der Waals surface area contributed by atoms with Crippen LogP contribution in [0, 0.1) is 6.92 Å². The third kappa shape index (κ3) is 3.05. The highest BCUT2D eigenvalue weighted by atomic mass is 16.5. The van der Waals surface area contributed by atoms with E-state index in [1.165, 1.54) is 0 Å². The number of hydrogen-bond donors (Lipinski definition) is 1. The monoisotopic (exact) mass is 256 g/mol. The first-order valence-electron chi connectivity index (χ1n) is 6.36. The zero-order valence-electron chi connectivity index (χ0n) is 11.9. The number of aromatic nitrogens is 1. The zero-order chi connectivity index (χ0) is 14.0. The summed E-state index contributed by atoms with van der Waals surface area (Å²) in [4.78, 5) is 3.97. The van der Waals surface area contributed by atoms with Crippen molar-refractivity contribution in [2.75, 3.05) is 5.73 Å². The van der Waals surface area contributed by atoms with Crippen LogP contribution in [0.5, 0.6) is 11.5 Å². The molecule has 0 aliphatic carbocycles. The molecule has 1 aromatic carbocycles. The minimum absolute atomic E-state index is 0.0187. The van der Waals surface area contributed by atoms with Crippen LogP contribution in [-0.4, -0.2) is 4.98 Å². The van der Waals surface area contributed by atoms with Crippen LogP contribution in [0.2, 0.25) is 0 Å². The highest BCUT2D eigenvalue weighted by molar-refractivity contribution is 5.53. The van der Waals surface area contributed by atoms with Crippen molar-refractivity contribution < 1.29 is 4.74 Å². The van der Waals surface area contributed by atoms with Crippen molar-refractivity contribution in [3.8, 4) is 11.5 Å². The summed E-state index contributed by atoms with van der Waals surface area (Å²) in [5.41, 5.74) is 8.77. The number of nitrogen functional groups attached to an aromatic ring is 1. The lowest BCUT2D eigenvalue weighted by molar-refractivity contribution is 0.456. The van der Waals surface area contributed by atoms with Gasteiger partial charge in [-0.2, -0.15) is 0 Å². The van der Waals surface area contributed by atoms with E-state index in [0.29, 0.717) is 11.4 Å². The van der Waals surface area contributed by atoms with Crippen molar-refractivity contribution in [3.05, 3.63) is 47.8 Å². The smallest absolute Gasteiger partial charge is 0.153 e. The molecule has 0 unspecified atom stereocenters. The maximum Gasteiger partial charge on any atom is 0.153 e. The molecule has 1 aromatic heterocycles. The molecule has 2 aromatic rings. The van der Waals surface area contributed by atoms with Crippen LogP contribution >= 0.6 is 0 Å². The number of anilines is 1. The lowest BCUT2D eigenvalue weighted by Crippen LogP contribution is -2.12. The number of nitrogens with zero attached hydrogens (tertiary/aromatic N) is 1. The van der Waals surface area contributed by atoms with Gasteiger partial charge in [0.2, 0.25) is 0 Å². The summed E-state index contributed by atoms with van der Waals surface area (Å²) in [5, 5.41) is 0. The summed E-state index contributed by atoms with van der Waals surface area (Å²) < 4.78 is 5.98. The number of benzene rings is 1. The molecule has 0 radical (unpaired) electrons. The van der Waals surface area contributed by atoms with Crippen LogP contribution in [0.1, 0.15) is 31.9 Å². The van der Waals surface area contributed by atoms with E-state index < -0.39 is 0 Å². The number of nitrogens with two attached hydrogens (primary N) is 1. The molecule has 0 saturated carbocycles. The van der Waals surface area contributed by atoms with Gasteiger partial charge in [0.1, 0.15) is 5.75 Å². The van der Waals surface area contributed by atoms with Crippen LogP contribution in [0.3, 0.4) is 0 Å². The molecule has 3 nitrogen and oxygen atoms in total. The Morgan fingerprint density at radius 3 is 2.47 bits per heavy atom. The first kappa shape index (κ1) is 13.4. The summed E-state index contributed by atoms with van der Waals surface area (Å²) >= 11 is 0. The lowest BCUT2D eigenvalue weighted by Gasteiger charge is -2.23. The van der Waals surface area contributed by atoms with Crippen molar-refractivity contribution in [1.82, 2.24) is 4.98 Å². The van der Waals surface area contributed by atoms with Gasteiger partial charge in [-0.25, -0.2) is 0 Å². The third-order valence-electron chi connectivity index (χ3n) is 2.98. The Labute approximate surface area is 114 Å². The van der Waals surface area contributed by atoms with Gasteiger partial charge in [-0.15, -0.1) is 0 Å². The van der Waals surface area contributed by atoms with Crippen LogP contribution in [0.25, 0.3) is 0 Å². The minimum atomic E-state index is 0.0187. The largest absolute Gasteiger partial charge is 0.455 e. The molecule has 0 spiro atoms. The molecule has 0 amide bonds. The molecule has 1 heterocycles. The van der Waals surface area contributed by atoms with Gasteiger partial charge < -0.3 is 10.5 Å². The molecule has 0 bridgehead atoms. The Morgan fingerprint density at radius 2 is 1.84 bits per heavy atom. The quantitative estimate of drug-likeness (QED) is 0.881. The van der Waals surface area contributed by atoms with Crippen molar-refractivity contribution in [2.24, 2.45) is 0 Å². The number of hydrogen-bond acceptors (Lipinski definition) is 3. The molecular weight excluding hydrogens is 236 g/mol. The van der Waals surface area contributed by atoms with Gasteiger partial charge in [-0.3, -0.25) is 4.98 Å². The second kappa shape index (κ2) is 4.92. The van der Waals surface area contributed by atoms with Crippen molar-refractivity contribution in [3.63, 3.8) is 0 Å². The minimum Gasteiger partial charge on any atom is -0.455 e. The predicted octanol–water partition coefficient (Wildman–Crippen LogP) is 4.06. The van der Waals surface area contributed by atoms with Crippen LogP contribution in [-0.2, 0) is 5.41 Å². The molecule has 0 saturated heterocycles. The third-order valence-corrected chi connectivity index (χ3v) is 2.98. The first-order chi connectivity index (χ1) is 8.88. The normalized spacial score (nSPS) is 11.4. The molecule has 100 valence electrons. The fraction of sp³-hybridized carbons (Fsp3) is 0.312. The van der Waals surface area contributed by atoms with E-state index in [9.17, 15) is 0 Å². The van der Waals surface area contributed by atoms with E-state index in [4.69, 9.17) is 10.5 Å². The van der Waals surface area contributed by atoms with Gasteiger partial charge in [-0.1, -0.05) is 32.9 Å². The number of ether oxygens (including phenoxy) is 1. The number of pyridine rings is 1. The summed E-state index contributed by atoms with van der Waals surface area (Å²) in [6, 6.07) is 8.04. The molecule has 0 aliphatic rings. The van der Waals surface area contributed by atoms with E-state index in [-0.39, 0.29) is 5.41 Å². The van der Waals surface area contributed by atoms with Gasteiger partial charge in [0.05, 0.1) is 11.9 Å². The topological polar surface area (TPSA) is 48.1 Å². The standard InChI is InChI=1S/C16H20N2O/c1-11-5-6-12(16(2,3)4)15(9-11)19-14-7-8-18-10-13(14)17/h5-10H,17H2,1-4H3. The van der Waals surface area contributed by atoms with E-state index >= 15 is 0 Å². The van der Waals surface area contributed by atoms with E-state index in [2.05, 4.69) is 44.8 Å². The Balaban J connectivity index is 2.45. The summed E-state index contributed by atoms with van der Waals surface area (Å²) in [6.45, 7) is 8.55. The lowest BCUT2D eigenvalue weighted by atomic mass is 9.86. The van der Waals surface area contributed by atoms with Crippen molar-refractivity contribution in [2.45, 2.75) is 33.1 Å². The highest BCUT2D eigenvalue weighted by Crippen LogP contribution is 2.36. The van der Waals surface area contributed by atoms with Gasteiger partial charge in [0.15, 0.2) is 5.75 Å². The number of rotatable bonds is 2. The molecule has 2 rings (SSSR count). The second-order valence-corrected chi connectivity index (χ2v) is 5.77. The molecule has 0 fully saturated rings. The van der Waals surface area contributed by atoms with Gasteiger partial charge in [-0.05, 0) is 24.0 Å². The molecule has 0 atom stereocenters. The fourth-order valence-corrected chi connectivity index (χ4v) is 1.94. The Kier molecular flexibility index (Phi) is 3.47. The highest BCUT2D eigenvalue weighted by Gasteiger charge is 2.19. The fourth-order valence-electron chi connectivity index (χ4n) is 1.94. The zero-order valence-corrected chi connectivity index (χ0v) is 11.9. The average Bonchev–Trinajstić information content (AvgIpc) is 2.30. The van der Waals surface area contributed by atoms with Gasteiger partial charge >= 0.3 is 0 Å². The molecular formula is C16H20N2O. The molecule has 0 aliphatic heterocycles. The van der Waals surface area contributed by atoms with E-state index in [0.717, 1.165) is 16.9 Å². The SMILES string of the molecule is Cc1ccc(C(C)(C)C)c(Oc2ccncc2N)c1. The summed E-state index contributed by atoms with van der Waals surface area (Å²) in [7, 11) is 0. The summed E-state index contributed by atoms with van der Waals surface area (Å²) in [6.07, 6.45) is 3.28. The Bertz CT molecular complexity index is 586. The summed E-state index contributed by atoms with van der Waals surface area (Å²) in [5.74, 6) is 1.50. The van der Waals surface area contributed by atoms with Gasteiger partial charge in [0, 0.05) is 17.8 Å². The van der Waals surface area contributed by atoms with Gasteiger partial charge in [0.25, 0.3) is 0 Å². The van der Waals surface area contributed by atoms with E-state index in [1.54, 1.807) is 18.5 Å².